The molecule has 0 unspecified atom stereocenters. The predicted molar refractivity (Wildman–Crippen MR) is 101 cm³/mol. The average molecular weight is 354 g/mol. The lowest BCUT2D eigenvalue weighted by Crippen LogP contribution is -2.19. The minimum Gasteiger partial charge on any atom is -0.339 e. The molecule has 2 aromatic carbocycles. The molecule has 0 saturated heterocycles. The third-order valence-corrected chi connectivity index (χ3v) is 3.57. The van der Waals surface area contributed by atoms with E-state index < -0.39 is 0 Å². The van der Waals surface area contributed by atoms with Crippen molar-refractivity contribution in [1.29, 1.82) is 0 Å². The Labute approximate surface area is 150 Å². The van der Waals surface area contributed by atoms with E-state index in [1.807, 2.05) is 31.2 Å². The molecule has 0 atom stereocenters. The summed E-state index contributed by atoms with van der Waals surface area (Å²) in [5.74, 6) is 0.659. The Morgan fingerprint density at radius 3 is 1.92 bits per heavy atom. The van der Waals surface area contributed by atoms with Gasteiger partial charge >= 0.3 is 6.03 Å². The van der Waals surface area contributed by atoms with Crippen molar-refractivity contribution < 1.29 is 4.79 Å². The maximum absolute atomic E-state index is 12.0. The van der Waals surface area contributed by atoms with Crippen LogP contribution in [0.5, 0.6) is 0 Å². The molecule has 1 heterocycles. The molecule has 7 heteroatoms. The van der Waals surface area contributed by atoms with Crippen LogP contribution in [0, 0.1) is 6.92 Å². The van der Waals surface area contributed by atoms with Crippen molar-refractivity contribution in [2.45, 2.75) is 6.92 Å². The molecule has 3 rings (SSSR count). The molecule has 0 bridgehead atoms. The predicted octanol–water partition coefficient (Wildman–Crippen LogP) is 4.83. The number of hydrogen-bond acceptors (Lipinski definition) is 4. The van der Waals surface area contributed by atoms with E-state index in [9.17, 15) is 4.79 Å². The van der Waals surface area contributed by atoms with Gasteiger partial charge in [0, 0.05) is 22.1 Å². The summed E-state index contributed by atoms with van der Waals surface area (Å²) >= 11 is 5.82. The van der Waals surface area contributed by atoms with Crippen molar-refractivity contribution in [2.75, 3.05) is 16.0 Å². The summed E-state index contributed by atoms with van der Waals surface area (Å²) in [6.45, 7) is 1.88. The van der Waals surface area contributed by atoms with E-state index in [0.717, 1.165) is 11.4 Å². The quantitative estimate of drug-likeness (QED) is 0.628. The third kappa shape index (κ3) is 4.92. The van der Waals surface area contributed by atoms with Gasteiger partial charge in [0.05, 0.1) is 5.69 Å². The Bertz CT molecular complexity index is 848. The monoisotopic (exact) mass is 353 g/mol. The van der Waals surface area contributed by atoms with Crippen LogP contribution >= 0.6 is 11.6 Å². The van der Waals surface area contributed by atoms with Crippen LogP contribution in [0.15, 0.2) is 60.7 Å². The molecule has 6 nitrogen and oxygen atoms in total. The summed E-state index contributed by atoms with van der Waals surface area (Å²) < 4.78 is 0. The lowest BCUT2D eigenvalue weighted by Gasteiger charge is -2.09. The number of rotatable bonds is 4. The molecule has 1 aromatic heterocycles. The van der Waals surface area contributed by atoms with Gasteiger partial charge in [-0.2, -0.15) is 5.10 Å². The summed E-state index contributed by atoms with van der Waals surface area (Å²) in [4.78, 5) is 12.0. The van der Waals surface area contributed by atoms with Crippen LogP contribution in [-0.4, -0.2) is 16.2 Å². The van der Waals surface area contributed by atoms with Crippen LogP contribution in [0.3, 0.4) is 0 Å². The molecule has 0 fully saturated rings. The van der Waals surface area contributed by atoms with Crippen LogP contribution < -0.4 is 16.0 Å². The summed E-state index contributed by atoms with van der Waals surface area (Å²) in [7, 11) is 0. The summed E-state index contributed by atoms with van der Waals surface area (Å²) in [5.41, 5.74) is 3.05. The van der Waals surface area contributed by atoms with Crippen LogP contribution in [-0.2, 0) is 0 Å². The Morgan fingerprint density at radius 1 is 0.800 bits per heavy atom. The number of hydrogen-bond donors (Lipinski definition) is 3. The molecular weight excluding hydrogens is 338 g/mol. The second-order valence-corrected chi connectivity index (χ2v) is 5.78. The molecule has 25 heavy (non-hydrogen) atoms. The van der Waals surface area contributed by atoms with Gasteiger partial charge in [-0.3, -0.25) is 0 Å². The molecule has 0 aliphatic heterocycles. The highest BCUT2D eigenvalue weighted by atomic mass is 35.5. The fraction of sp³-hybridized carbons (Fsp3) is 0.0556. The molecule has 3 aromatic rings. The Hall–Kier alpha value is -3.12. The first-order chi connectivity index (χ1) is 12.1. The lowest BCUT2D eigenvalue weighted by molar-refractivity contribution is 0.262. The van der Waals surface area contributed by atoms with E-state index in [-0.39, 0.29) is 6.03 Å². The molecular formula is C18H16ClN5O. The SMILES string of the molecule is Cc1ccc(Nc2ccc(NC(=O)Nc3ccc(Cl)cc3)cc2)nn1. The number of nitrogens with one attached hydrogen (secondary N) is 3. The summed E-state index contributed by atoms with van der Waals surface area (Å²) in [6.07, 6.45) is 0. The number of carbonyl (C=O) groups excluding carboxylic acids is 1. The molecule has 126 valence electrons. The maximum Gasteiger partial charge on any atom is 0.323 e. The number of urea groups is 1. The smallest absolute Gasteiger partial charge is 0.323 e. The van der Waals surface area contributed by atoms with Gasteiger partial charge in [-0.05, 0) is 67.6 Å². The molecule has 2 amide bonds. The van der Waals surface area contributed by atoms with Crippen molar-refractivity contribution in [3.05, 3.63) is 71.4 Å². The van der Waals surface area contributed by atoms with E-state index in [1.54, 1.807) is 36.4 Å². The topological polar surface area (TPSA) is 78.9 Å². The maximum atomic E-state index is 12.0. The third-order valence-electron chi connectivity index (χ3n) is 3.32. The average Bonchev–Trinajstić information content (AvgIpc) is 2.61. The Morgan fingerprint density at radius 2 is 1.36 bits per heavy atom. The van der Waals surface area contributed by atoms with Gasteiger partial charge in [0.2, 0.25) is 0 Å². The molecule has 3 N–H and O–H groups in total. The van der Waals surface area contributed by atoms with Gasteiger partial charge in [-0.1, -0.05) is 11.6 Å². The molecule has 0 spiro atoms. The van der Waals surface area contributed by atoms with E-state index in [2.05, 4.69) is 26.1 Å². The van der Waals surface area contributed by atoms with Crippen molar-refractivity contribution in [3.63, 3.8) is 0 Å². The number of halogens is 1. The highest BCUT2D eigenvalue weighted by molar-refractivity contribution is 6.30. The van der Waals surface area contributed by atoms with Gasteiger partial charge in [0.25, 0.3) is 0 Å². The van der Waals surface area contributed by atoms with Gasteiger partial charge in [0.15, 0.2) is 5.82 Å². The zero-order chi connectivity index (χ0) is 17.6. The van der Waals surface area contributed by atoms with Crippen molar-refractivity contribution in [1.82, 2.24) is 10.2 Å². The van der Waals surface area contributed by atoms with Gasteiger partial charge in [-0.15, -0.1) is 5.10 Å². The number of aromatic nitrogens is 2. The zero-order valence-corrected chi connectivity index (χ0v) is 14.2. The Kier molecular flexibility index (Phi) is 5.11. The molecule has 0 aliphatic carbocycles. The van der Waals surface area contributed by atoms with Crippen LogP contribution in [0.2, 0.25) is 5.02 Å². The number of amides is 2. The summed E-state index contributed by atoms with van der Waals surface area (Å²) in [5, 5.41) is 17.3. The number of carbonyl (C=O) groups is 1. The largest absolute Gasteiger partial charge is 0.339 e. The first-order valence-corrected chi connectivity index (χ1v) is 7.97. The Balaban J connectivity index is 1.57. The van der Waals surface area contributed by atoms with E-state index >= 15 is 0 Å². The van der Waals surface area contributed by atoms with E-state index in [0.29, 0.717) is 22.2 Å². The molecule has 0 saturated carbocycles. The minimum absolute atomic E-state index is 0.326. The highest BCUT2D eigenvalue weighted by Gasteiger charge is 2.03. The minimum atomic E-state index is -0.326. The number of nitrogens with zero attached hydrogens (tertiary/aromatic N) is 2. The fourth-order valence-corrected chi connectivity index (χ4v) is 2.20. The first-order valence-electron chi connectivity index (χ1n) is 7.59. The zero-order valence-electron chi connectivity index (χ0n) is 13.5. The summed E-state index contributed by atoms with van der Waals surface area (Å²) in [6, 6.07) is 17.6. The number of benzene rings is 2. The molecule has 0 radical (unpaired) electrons. The van der Waals surface area contributed by atoms with Crippen molar-refractivity contribution in [2.24, 2.45) is 0 Å². The number of aryl methyl sites for hydroxylation is 1. The van der Waals surface area contributed by atoms with E-state index in [1.165, 1.54) is 0 Å². The first kappa shape index (κ1) is 16.7. The second-order valence-electron chi connectivity index (χ2n) is 5.35. The highest BCUT2D eigenvalue weighted by Crippen LogP contribution is 2.18. The lowest BCUT2D eigenvalue weighted by atomic mass is 10.2. The molecule has 0 aliphatic rings. The van der Waals surface area contributed by atoms with Crippen LogP contribution in [0.25, 0.3) is 0 Å². The van der Waals surface area contributed by atoms with Gasteiger partial charge < -0.3 is 16.0 Å². The van der Waals surface area contributed by atoms with E-state index in [4.69, 9.17) is 11.6 Å². The second kappa shape index (κ2) is 7.63. The standard InChI is InChI=1S/C18H16ClN5O/c1-12-2-11-17(24-23-12)20-14-7-9-16(10-8-14)22-18(25)21-15-5-3-13(19)4-6-15/h2-11H,1H3,(H,20,24)(H2,21,22,25). The van der Waals surface area contributed by atoms with Gasteiger partial charge in [-0.25, -0.2) is 4.79 Å². The van der Waals surface area contributed by atoms with Crippen molar-refractivity contribution in [3.8, 4) is 0 Å². The number of anilines is 4. The fourth-order valence-electron chi connectivity index (χ4n) is 2.08. The van der Waals surface area contributed by atoms with Gasteiger partial charge in [0.1, 0.15) is 0 Å². The normalized spacial score (nSPS) is 10.2. The van der Waals surface area contributed by atoms with Crippen LogP contribution in [0.1, 0.15) is 5.69 Å². The van der Waals surface area contributed by atoms with Crippen molar-refractivity contribution >= 4 is 40.5 Å². The van der Waals surface area contributed by atoms with Crippen LogP contribution in [0.4, 0.5) is 27.7 Å².